The van der Waals surface area contributed by atoms with Crippen molar-refractivity contribution in [1.29, 1.82) is 0 Å². The normalized spacial score (nSPS) is 34.2. The molecule has 1 saturated heterocycles. The molecular formula is C8H18O4. The lowest BCUT2D eigenvalue weighted by atomic mass is 10.0. The molecule has 0 aromatic rings. The highest BCUT2D eigenvalue weighted by molar-refractivity contribution is 4.76. The Bertz CT molecular complexity index is 107. The minimum absolute atomic E-state index is 0.157. The predicted molar refractivity (Wildman–Crippen MR) is 44.7 cm³/mol. The standard InChI is InChI=1S/C7H14O3.CH4O/c1-3-5-6(8)4-10-7(5)9-2;1-2/h5-8H,3-4H2,1-2H3;2H,1H3/t5-,6+,7?;/m0./s1. The van der Waals surface area contributed by atoms with Crippen LogP contribution in [0, 0.1) is 5.92 Å². The zero-order valence-electron chi connectivity index (χ0n) is 7.86. The van der Waals surface area contributed by atoms with Crippen molar-refractivity contribution in [3.63, 3.8) is 0 Å². The Kier molecular flexibility index (Phi) is 6.28. The van der Waals surface area contributed by atoms with Crippen LogP contribution in [0.4, 0.5) is 0 Å². The van der Waals surface area contributed by atoms with Crippen molar-refractivity contribution < 1.29 is 19.7 Å². The summed E-state index contributed by atoms with van der Waals surface area (Å²) in [5.41, 5.74) is 0. The van der Waals surface area contributed by atoms with Gasteiger partial charge in [0.15, 0.2) is 6.29 Å². The van der Waals surface area contributed by atoms with Crippen LogP contribution in [0.1, 0.15) is 13.3 Å². The van der Waals surface area contributed by atoms with E-state index in [1.807, 2.05) is 6.92 Å². The molecule has 1 aliphatic rings. The van der Waals surface area contributed by atoms with E-state index in [0.717, 1.165) is 13.5 Å². The van der Waals surface area contributed by atoms with Gasteiger partial charge < -0.3 is 19.7 Å². The zero-order valence-corrected chi connectivity index (χ0v) is 7.86. The van der Waals surface area contributed by atoms with Gasteiger partial charge in [0.05, 0.1) is 12.7 Å². The third-order valence-corrected chi connectivity index (χ3v) is 1.98. The maximum Gasteiger partial charge on any atom is 0.162 e. The van der Waals surface area contributed by atoms with E-state index in [1.54, 1.807) is 7.11 Å². The fourth-order valence-electron chi connectivity index (χ4n) is 1.33. The summed E-state index contributed by atoms with van der Waals surface area (Å²) in [4.78, 5) is 0. The van der Waals surface area contributed by atoms with Crippen molar-refractivity contribution >= 4 is 0 Å². The molecule has 0 amide bonds. The van der Waals surface area contributed by atoms with Crippen LogP contribution in [0.15, 0.2) is 0 Å². The molecule has 1 fully saturated rings. The van der Waals surface area contributed by atoms with E-state index in [0.29, 0.717) is 6.61 Å². The predicted octanol–water partition coefficient (Wildman–Crippen LogP) is -0.0153. The summed E-state index contributed by atoms with van der Waals surface area (Å²) in [6.07, 6.45) is 0.370. The van der Waals surface area contributed by atoms with Gasteiger partial charge in [-0.3, -0.25) is 0 Å². The van der Waals surface area contributed by atoms with Gasteiger partial charge in [-0.1, -0.05) is 6.92 Å². The highest BCUT2D eigenvalue weighted by Crippen LogP contribution is 2.24. The molecule has 4 nitrogen and oxygen atoms in total. The topological polar surface area (TPSA) is 58.9 Å². The molecule has 2 N–H and O–H groups in total. The van der Waals surface area contributed by atoms with E-state index in [-0.39, 0.29) is 18.3 Å². The van der Waals surface area contributed by atoms with Crippen LogP contribution in [0.2, 0.25) is 0 Å². The lowest BCUT2D eigenvalue weighted by Gasteiger charge is -2.15. The Morgan fingerprint density at radius 3 is 2.42 bits per heavy atom. The number of hydrogen-bond acceptors (Lipinski definition) is 4. The lowest BCUT2D eigenvalue weighted by Crippen LogP contribution is -2.24. The Balaban J connectivity index is 0.000000561. The summed E-state index contributed by atoms with van der Waals surface area (Å²) in [6.45, 7) is 2.44. The molecule has 1 rings (SSSR count). The summed E-state index contributed by atoms with van der Waals surface area (Å²) < 4.78 is 10.1. The molecule has 0 aromatic carbocycles. The molecule has 0 radical (unpaired) electrons. The minimum atomic E-state index is -0.338. The summed E-state index contributed by atoms with van der Waals surface area (Å²) in [6, 6.07) is 0. The first-order valence-corrected chi connectivity index (χ1v) is 4.06. The molecule has 0 saturated carbocycles. The molecule has 0 bridgehead atoms. The Morgan fingerprint density at radius 1 is 1.50 bits per heavy atom. The second-order valence-corrected chi connectivity index (χ2v) is 2.58. The zero-order chi connectivity index (χ0) is 9.56. The van der Waals surface area contributed by atoms with Gasteiger partial charge in [0.25, 0.3) is 0 Å². The number of aliphatic hydroxyl groups excluding tert-OH is 2. The van der Waals surface area contributed by atoms with Crippen molar-refractivity contribution in [2.75, 3.05) is 20.8 Å². The van der Waals surface area contributed by atoms with E-state index in [9.17, 15) is 5.11 Å². The summed E-state index contributed by atoms with van der Waals surface area (Å²) in [5, 5.41) is 16.3. The van der Waals surface area contributed by atoms with Crippen LogP contribution in [-0.2, 0) is 9.47 Å². The quantitative estimate of drug-likeness (QED) is 0.624. The second kappa shape index (κ2) is 6.37. The van der Waals surface area contributed by atoms with Crippen LogP contribution in [-0.4, -0.2) is 43.4 Å². The molecule has 0 spiro atoms. The molecule has 1 heterocycles. The van der Waals surface area contributed by atoms with Crippen molar-refractivity contribution in [2.24, 2.45) is 5.92 Å². The summed E-state index contributed by atoms with van der Waals surface area (Å²) >= 11 is 0. The molecule has 0 aromatic heterocycles. The maximum atomic E-state index is 9.29. The first kappa shape index (κ1) is 11.8. The largest absolute Gasteiger partial charge is 0.400 e. The molecule has 0 aliphatic carbocycles. The van der Waals surface area contributed by atoms with E-state index in [1.165, 1.54) is 0 Å². The SMILES string of the molecule is CC[C@@H]1C(OC)OC[C@H]1O.CO. The second-order valence-electron chi connectivity index (χ2n) is 2.58. The molecule has 12 heavy (non-hydrogen) atoms. The maximum absolute atomic E-state index is 9.29. The van der Waals surface area contributed by atoms with Crippen LogP contribution < -0.4 is 0 Å². The highest BCUT2D eigenvalue weighted by atomic mass is 16.7. The van der Waals surface area contributed by atoms with Gasteiger partial charge in [-0.25, -0.2) is 0 Å². The fraction of sp³-hybridized carbons (Fsp3) is 1.00. The average molecular weight is 178 g/mol. The fourth-order valence-corrected chi connectivity index (χ4v) is 1.33. The third kappa shape index (κ3) is 2.71. The average Bonchev–Trinajstić information content (AvgIpc) is 2.49. The molecule has 1 aliphatic heterocycles. The number of rotatable bonds is 2. The molecular weight excluding hydrogens is 160 g/mol. The Morgan fingerprint density at radius 2 is 2.08 bits per heavy atom. The van der Waals surface area contributed by atoms with Gasteiger partial charge >= 0.3 is 0 Å². The van der Waals surface area contributed by atoms with Gasteiger partial charge in [-0.2, -0.15) is 0 Å². The summed E-state index contributed by atoms with van der Waals surface area (Å²) in [7, 11) is 2.60. The first-order chi connectivity index (χ1) is 5.79. The van der Waals surface area contributed by atoms with Crippen molar-refractivity contribution in [2.45, 2.75) is 25.7 Å². The smallest absolute Gasteiger partial charge is 0.162 e. The van der Waals surface area contributed by atoms with Crippen LogP contribution in [0.25, 0.3) is 0 Å². The van der Waals surface area contributed by atoms with E-state index >= 15 is 0 Å². The van der Waals surface area contributed by atoms with Crippen molar-refractivity contribution in [1.82, 2.24) is 0 Å². The van der Waals surface area contributed by atoms with Crippen LogP contribution in [0.3, 0.4) is 0 Å². The van der Waals surface area contributed by atoms with Gasteiger partial charge in [0.1, 0.15) is 0 Å². The van der Waals surface area contributed by atoms with E-state index in [4.69, 9.17) is 14.6 Å². The van der Waals surface area contributed by atoms with Crippen LogP contribution >= 0.6 is 0 Å². The first-order valence-electron chi connectivity index (χ1n) is 4.06. The molecule has 4 heteroatoms. The van der Waals surface area contributed by atoms with Gasteiger partial charge in [-0.05, 0) is 6.42 Å². The van der Waals surface area contributed by atoms with Gasteiger partial charge in [-0.15, -0.1) is 0 Å². The number of aliphatic hydroxyl groups is 2. The van der Waals surface area contributed by atoms with Crippen molar-refractivity contribution in [3.8, 4) is 0 Å². The van der Waals surface area contributed by atoms with E-state index in [2.05, 4.69) is 0 Å². The minimum Gasteiger partial charge on any atom is -0.400 e. The van der Waals surface area contributed by atoms with Gasteiger partial charge in [0.2, 0.25) is 0 Å². The highest BCUT2D eigenvalue weighted by Gasteiger charge is 2.34. The monoisotopic (exact) mass is 178 g/mol. The van der Waals surface area contributed by atoms with Crippen LogP contribution in [0.5, 0.6) is 0 Å². The Hall–Kier alpha value is -0.160. The summed E-state index contributed by atoms with van der Waals surface area (Å²) in [5.74, 6) is 0.157. The Labute approximate surface area is 73.1 Å². The molecule has 1 unspecified atom stereocenters. The molecule has 74 valence electrons. The van der Waals surface area contributed by atoms with Crippen molar-refractivity contribution in [3.05, 3.63) is 0 Å². The third-order valence-electron chi connectivity index (χ3n) is 1.98. The number of ether oxygens (including phenoxy) is 2. The number of methoxy groups -OCH3 is 1. The lowest BCUT2D eigenvalue weighted by molar-refractivity contribution is -0.110. The van der Waals surface area contributed by atoms with E-state index < -0.39 is 0 Å². The molecule has 3 atom stereocenters. The number of hydrogen-bond donors (Lipinski definition) is 2. The van der Waals surface area contributed by atoms with Gasteiger partial charge in [0, 0.05) is 20.1 Å².